The van der Waals surface area contributed by atoms with E-state index in [0.29, 0.717) is 5.52 Å². The molecule has 78 valence electrons. The number of para-hydroxylation sites is 1. The fraction of sp³-hybridized carbons (Fsp3) is 0.308. The lowest BCUT2D eigenvalue weighted by molar-refractivity contribution is 0.587. The molecular formula is C13H14FN. The first kappa shape index (κ1) is 10.1. The molecule has 0 radical (unpaired) electrons. The Balaban J connectivity index is 2.68. The van der Waals surface area contributed by atoms with Crippen LogP contribution in [-0.2, 0) is 5.41 Å². The van der Waals surface area contributed by atoms with Crippen molar-refractivity contribution in [3.63, 3.8) is 0 Å². The number of aromatic nitrogens is 1. The number of hydrogen-bond donors (Lipinski definition) is 0. The van der Waals surface area contributed by atoms with Crippen molar-refractivity contribution < 1.29 is 4.39 Å². The van der Waals surface area contributed by atoms with Gasteiger partial charge < -0.3 is 0 Å². The van der Waals surface area contributed by atoms with Crippen molar-refractivity contribution in [3.05, 3.63) is 41.8 Å². The highest BCUT2D eigenvalue weighted by atomic mass is 19.1. The van der Waals surface area contributed by atoms with Crippen LogP contribution in [0.3, 0.4) is 0 Å². The van der Waals surface area contributed by atoms with Crippen LogP contribution >= 0.6 is 0 Å². The van der Waals surface area contributed by atoms with Crippen molar-refractivity contribution >= 4 is 10.9 Å². The van der Waals surface area contributed by atoms with Gasteiger partial charge in [0, 0.05) is 11.6 Å². The van der Waals surface area contributed by atoms with Gasteiger partial charge in [-0.1, -0.05) is 32.9 Å². The van der Waals surface area contributed by atoms with Crippen molar-refractivity contribution in [2.75, 3.05) is 0 Å². The van der Waals surface area contributed by atoms with E-state index in [9.17, 15) is 4.39 Å². The summed E-state index contributed by atoms with van der Waals surface area (Å²) in [6.45, 7) is 6.36. The van der Waals surface area contributed by atoms with Gasteiger partial charge in [-0.15, -0.1) is 0 Å². The second kappa shape index (κ2) is 3.30. The highest BCUT2D eigenvalue weighted by Crippen LogP contribution is 2.25. The standard InChI is InChI=1S/C13H14FN/c1-13(2,3)10-7-9-5-4-6-11(14)12(9)15-8-10/h4-8H,1-3H3. The number of hydrogen-bond acceptors (Lipinski definition) is 1. The zero-order valence-corrected chi connectivity index (χ0v) is 9.21. The molecule has 0 aliphatic rings. The van der Waals surface area contributed by atoms with Gasteiger partial charge in [0.2, 0.25) is 0 Å². The molecule has 1 heterocycles. The van der Waals surface area contributed by atoms with Crippen LogP contribution in [0.4, 0.5) is 4.39 Å². The van der Waals surface area contributed by atoms with Gasteiger partial charge in [0.15, 0.2) is 0 Å². The van der Waals surface area contributed by atoms with E-state index in [1.807, 2.05) is 12.1 Å². The Morgan fingerprint density at radius 1 is 1.20 bits per heavy atom. The Bertz CT molecular complexity index is 497. The van der Waals surface area contributed by atoms with Gasteiger partial charge in [-0.3, -0.25) is 4.98 Å². The zero-order valence-electron chi connectivity index (χ0n) is 9.21. The molecule has 1 nitrogen and oxygen atoms in total. The summed E-state index contributed by atoms with van der Waals surface area (Å²) in [5, 5.41) is 0.863. The number of pyridine rings is 1. The molecule has 0 saturated carbocycles. The number of fused-ring (bicyclic) bond motifs is 1. The summed E-state index contributed by atoms with van der Waals surface area (Å²) in [5.41, 5.74) is 1.62. The van der Waals surface area contributed by atoms with Crippen molar-refractivity contribution in [2.45, 2.75) is 26.2 Å². The molecule has 0 fully saturated rings. The molecule has 15 heavy (non-hydrogen) atoms. The first-order chi connectivity index (χ1) is 6.98. The van der Waals surface area contributed by atoms with E-state index in [4.69, 9.17) is 0 Å². The van der Waals surface area contributed by atoms with Gasteiger partial charge in [-0.05, 0) is 23.1 Å². The van der Waals surface area contributed by atoms with Crippen LogP contribution in [0.1, 0.15) is 26.3 Å². The van der Waals surface area contributed by atoms with Gasteiger partial charge in [-0.2, -0.15) is 0 Å². The second-order valence-electron chi connectivity index (χ2n) is 4.79. The topological polar surface area (TPSA) is 12.9 Å². The lowest BCUT2D eigenvalue weighted by atomic mass is 9.87. The van der Waals surface area contributed by atoms with Crippen LogP contribution in [0.2, 0.25) is 0 Å². The van der Waals surface area contributed by atoms with Crippen molar-refractivity contribution in [1.82, 2.24) is 4.98 Å². The molecule has 2 heteroatoms. The molecular weight excluding hydrogens is 189 g/mol. The fourth-order valence-corrected chi connectivity index (χ4v) is 1.53. The molecule has 1 aromatic carbocycles. The van der Waals surface area contributed by atoms with E-state index in [0.717, 1.165) is 10.9 Å². The highest BCUT2D eigenvalue weighted by Gasteiger charge is 2.14. The summed E-state index contributed by atoms with van der Waals surface area (Å²) >= 11 is 0. The smallest absolute Gasteiger partial charge is 0.149 e. The molecule has 0 aliphatic heterocycles. The summed E-state index contributed by atoms with van der Waals surface area (Å²) in [6, 6.07) is 7.05. The first-order valence-electron chi connectivity index (χ1n) is 5.03. The Hall–Kier alpha value is -1.44. The monoisotopic (exact) mass is 203 g/mol. The molecule has 0 aliphatic carbocycles. The molecule has 0 saturated heterocycles. The minimum atomic E-state index is -0.257. The van der Waals surface area contributed by atoms with Gasteiger partial charge in [0.05, 0.1) is 0 Å². The molecule has 2 rings (SSSR count). The predicted octanol–water partition coefficient (Wildman–Crippen LogP) is 3.67. The Morgan fingerprint density at radius 2 is 1.93 bits per heavy atom. The quantitative estimate of drug-likeness (QED) is 0.636. The average molecular weight is 203 g/mol. The third-order valence-corrected chi connectivity index (χ3v) is 2.53. The number of benzene rings is 1. The lowest BCUT2D eigenvalue weighted by Crippen LogP contribution is -2.11. The number of nitrogens with zero attached hydrogens (tertiary/aromatic N) is 1. The van der Waals surface area contributed by atoms with Crippen molar-refractivity contribution in [2.24, 2.45) is 0 Å². The van der Waals surface area contributed by atoms with Crippen LogP contribution in [0.25, 0.3) is 10.9 Å². The van der Waals surface area contributed by atoms with Crippen molar-refractivity contribution in [3.8, 4) is 0 Å². The normalized spacial score (nSPS) is 12.0. The van der Waals surface area contributed by atoms with Gasteiger partial charge in [-0.25, -0.2) is 4.39 Å². The maximum Gasteiger partial charge on any atom is 0.149 e. The third-order valence-electron chi connectivity index (χ3n) is 2.53. The molecule has 1 aromatic heterocycles. The Morgan fingerprint density at radius 3 is 2.60 bits per heavy atom. The molecule has 2 aromatic rings. The third kappa shape index (κ3) is 1.84. The average Bonchev–Trinajstić information content (AvgIpc) is 2.16. The van der Waals surface area contributed by atoms with E-state index in [-0.39, 0.29) is 11.2 Å². The number of rotatable bonds is 0. The maximum atomic E-state index is 13.4. The molecule has 0 unspecified atom stereocenters. The molecule has 0 amide bonds. The van der Waals surface area contributed by atoms with E-state index in [1.165, 1.54) is 6.07 Å². The van der Waals surface area contributed by atoms with Crippen LogP contribution in [0.15, 0.2) is 30.5 Å². The summed E-state index contributed by atoms with van der Waals surface area (Å²) in [6.07, 6.45) is 1.76. The summed E-state index contributed by atoms with van der Waals surface area (Å²) in [4.78, 5) is 4.17. The molecule has 0 N–H and O–H groups in total. The Kier molecular flexibility index (Phi) is 2.22. The molecule has 0 atom stereocenters. The molecule has 0 spiro atoms. The molecule has 0 bridgehead atoms. The van der Waals surface area contributed by atoms with E-state index < -0.39 is 0 Å². The van der Waals surface area contributed by atoms with Crippen LogP contribution < -0.4 is 0 Å². The predicted molar refractivity (Wildman–Crippen MR) is 60.4 cm³/mol. The largest absolute Gasteiger partial charge is 0.253 e. The maximum absolute atomic E-state index is 13.4. The second-order valence-corrected chi connectivity index (χ2v) is 4.79. The summed E-state index contributed by atoms with van der Waals surface area (Å²) in [7, 11) is 0. The summed E-state index contributed by atoms with van der Waals surface area (Å²) < 4.78 is 13.4. The van der Waals surface area contributed by atoms with Crippen LogP contribution in [0.5, 0.6) is 0 Å². The minimum absolute atomic E-state index is 0.0491. The van der Waals surface area contributed by atoms with E-state index in [1.54, 1.807) is 12.3 Å². The zero-order chi connectivity index (χ0) is 11.1. The number of halogens is 1. The van der Waals surface area contributed by atoms with Crippen molar-refractivity contribution in [1.29, 1.82) is 0 Å². The van der Waals surface area contributed by atoms with E-state index in [2.05, 4.69) is 25.8 Å². The van der Waals surface area contributed by atoms with Gasteiger partial charge >= 0.3 is 0 Å². The first-order valence-corrected chi connectivity index (χ1v) is 5.03. The highest BCUT2D eigenvalue weighted by molar-refractivity contribution is 5.79. The van der Waals surface area contributed by atoms with Gasteiger partial charge in [0.1, 0.15) is 11.3 Å². The van der Waals surface area contributed by atoms with E-state index >= 15 is 0 Å². The lowest BCUT2D eigenvalue weighted by Gasteiger charge is -2.18. The Labute approximate surface area is 89.0 Å². The van der Waals surface area contributed by atoms with Crippen LogP contribution in [0, 0.1) is 5.82 Å². The fourth-order valence-electron chi connectivity index (χ4n) is 1.53. The summed E-state index contributed by atoms with van der Waals surface area (Å²) in [5.74, 6) is -0.257. The van der Waals surface area contributed by atoms with Gasteiger partial charge in [0.25, 0.3) is 0 Å². The van der Waals surface area contributed by atoms with Crippen LogP contribution in [-0.4, -0.2) is 4.98 Å². The minimum Gasteiger partial charge on any atom is -0.253 e. The SMILES string of the molecule is CC(C)(C)c1cnc2c(F)cccc2c1.